The molecule has 0 bridgehead atoms. The van der Waals surface area contributed by atoms with Crippen molar-refractivity contribution in [1.82, 2.24) is 0 Å². The monoisotopic (exact) mass is 362 g/mol. The van der Waals surface area contributed by atoms with Crippen molar-refractivity contribution in [3.05, 3.63) is 47.1 Å². The molecule has 1 spiro atoms. The smallest absolute Gasteiger partial charge is 0.186 e. The molecule has 1 unspecified atom stereocenters. The number of phenols is 2. The van der Waals surface area contributed by atoms with E-state index in [-0.39, 0.29) is 16.9 Å². The maximum atomic E-state index is 11.0. The first-order valence-corrected chi connectivity index (χ1v) is 9.18. The second kappa shape index (κ2) is 4.78. The molecule has 2 heterocycles. The molecule has 2 N–H and O–H groups in total. The first-order chi connectivity index (χ1) is 12.7. The van der Waals surface area contributed by atoms with Crippen LogP contribution in [0.5, 0.6) is 11.5 Å². The molecule has 2 aliphatic heterocycles. The summed E-state index contributed by atoms with van der Waals surface area (Å²) in [6.07, 6.45) is 0. The number of hydrogen-bond donors (Lipinski definition) is 2. The third kappa shape index (κ3) is 1.82. The van der Waals surface area contributed by atoms with E-state index in [0.29, 0.717) is 33.5 Å². The number of rotatable bonds is 0. The molecule has 27 heavy (non-hydrogen) atoms. The van der Waals surface area contributed by atoms with Crippen LogP contribution in [0.1, 0.15) is 27.7 Å². The van der Waals surface area contributed by atoms with Crippen LogP contribution in [0.3, 0.4) is 0 Å². The molecule has 138 valence electrons. The molecule has 1 atom stereocenters. The first kappa shape index (κ1) is 16.5. The normalized spacial score (nSPS) is 24.9. The van der Waals surface area contributed by atoms with Crippen LogP contribution in [0.25, 0.3) is 21.5 Å². The van der Waals surface area contributed by atoms with E-state index in [0.717, 1.165) is 5.36 Å². The van der Waals surface area contributed by atoms with E-state index in [4.69, 9.17) is 14.7 Å². The molecular weight excluding hydrogens is 340 g/mol. The van der Waals surface area contributed by atoms with Gasteiger partial charge >= 0.3 is 0 Å². The molecular formula is C22H22N2O3. The topological polar surface area (TPSA) is 74.4 Å². The lowest BCUT2D eigenvalue weighted by molar-refractivity contribution is 0.00279. The molecule has 2 aliphatic rings. The lowest BCUT2D eigenvalue weighted by Crippen LogP contribution is -2.50. The van der Waals surface area contributed by atoms with E-state index in [1.165, 1.54) is 0 Å². The fourth-order valence-corrected chi connectivity index (χ4v) is 4.71. The Kier molecular flexibility index (Phi) is 2.93. The van der Waals surface area contributed by atoms with Crippen molar-refractivity contribution in [3.8, 4) is 11.5 Å². The third-order valence-electron chi connectivity index (χ3n) is 6.22. The van der Waals surface area contributed by atoms with Crippen molar-refractivity contribution in [2.75, 3.05) is 6.61 Å². The zero-order chi connectivity index (χ0) is 19.2. The highest BCUT2D eigenvalue weighted by molar-refractivity contribution is 6.10. The molecule has 5 heteroatoms. The highest BCUT2D eigenvalue weighted by Gasteiger charge is 2.63. The van der Waals surface area contributed by atoms with Crippen LogP contribution >= 0.6 is 0 Å². The average molecular weight is 362 g/mol. The molecule has 1 fully saturated rings. The number of nitrogens with zero attached hydrogens (tertiary/aromatic N) is 2. The zero-order valence-corrected chi connectivity index (χ0v) is 15.9. The van der Waals surface area contributed by atoms with Crippen LogP contribution in [0, 0.1) is 5.41 Å². The minimum absolute atomic E-state index is 0.126. The lowest BCUT2D eigenvalue weighted by Gasteiger charge is -2.38. The maximum absolute atomic E-state index is 11.0. The van der Waals surface area contributed by atoms with E-state index in [9.17, 15) is 10.2 Å². The van der Waals surface area contributed by atoms with Gasteiger partial charge in [-0.25, -0.2) is 9.98 Å². The summed E-state index contributed by atoms with van der Waals surface area (Å²) in [5.74, 6) is 0.277. The molecule has 0 saturated carbocycles. The van der Waals surface area contributed by atoms with Gasteiger partial charge in [0, 0.05) is 21.6 Å². The second-order valence-corrected chi connectivity index (χ2v) is 8.68. The molecule has 0 aromatic heterocycles. The number of hydrogen-bond acceptors (Lipinski definition) is 5. The number of fused-ring (bicyclic) bond motifs is 4. The molecule has 0 radical (unpaired) electrons. The van der Waals surface area contributed by atoms with Crippen LogP contribution in [0.15, 0.2) is 46.4 Å². The number of aromatic hydroxyl groups is 2. The Morgan fingerprint density at radius 1 is 0.852 bits per heavy atom. The van der Waals surface area contributed by atoms with Gasteiger partial charge in [0.15, 0.2) is 5.66 Å². The average Bonchev–Trinajstić information content (AvgIpc) is 3.13. The summed E-state index contributed by atoms with van der Waals surface area (Å²) in [7, 11) is 0. The van der Waals surface area contributed by atoms with Gasteiger partial charge in [-0.3, -0.25) is 0 Å². The molecule has 0 aliphatic carbocycles. The van der Waals surface area contributed by atoms with Gasteiger partial charge in [-0.1, -0.05) is 38.1 Å². The van der Waals surface area contributed by atoms with Gasteiger partial charge in [-0.2, -0.15) is 0 Å². The van der Waals surface area contributed by atoms with E-state index in [1.54, 1.807) is 12.1 Å². The van der Waals surface area contributed by atoms with E-state index < -0.39 is 11.3 Å². The standard InChI is InChI=1S/C22H22N2O3/c1-20(2)11-27-21(3,4)22(20)23-15-10-9-14-16(17(15)24-22)19(26)13-8-6-5-7-12(13)18(14)25/h5-10,25-26H,11H2,1-4H3. The third-order valence-corrected chi connectivity index (χ3v) is 6.22. The van der Waals surface area contributed by atoms with Crippen molar-refractivity contribution < 1.29 is 14.9 Å². The molecule has 3 aromatic carbocycles. The van der Waals surface area contributed by atoms with Gasteiger partial charge in [-0.15, -0.1) is 0 Å². The maximum Gasteiger partial charge on any atom is 0.186 e. The molecule has 3 aromatic rings. The summed E-state index contributed by atoms with van der Waals surface area (Å²) in [6, 6.07) is 11.0. The van der Waals surface area contributed by atoms with Gasteiger partial charge in [0.25, 0.3) is 0 Å². The SMILES string of the molecule is CC1(C)COC(C)(C)C12N=c1ccc3c(O)c4ccccc4c(O)c3c1=N2. The van der Waals surface area contributed by atoms with E-state index in [2.05, 4.69) is 13.8 Å². The summed E-state index contributed by atoms with van der Waals surface area (Å²) < 4.78 is 6.06. The van der Waals surface area contributed by atoms with Crippen LogP contribution in [-0.4, -0.2) is 28.1 Å². The Balaban J connectivity index is 1.98. The van der Waals surface area contributed by atoms with Crippen LogP contribution in [0.4, 0.5) is 0 Å². The van der Waals surface area contributed by atoms with Gasteiger partial charge < -0.3 is 14.9 Å². The van der Waals surface area contributed by atoms with Gasteiger partial charge in [-0.05, 0) is 26.0 Å². The summed E-state index contributed by atoms with van der Waals surface area (Å²) in [4.78, 5) is 10.1. The van der Waals surface area contributed by atoms with Crippen LogP contribution in [0.2, 0.25) is 0 Å². The minimum atomic E-state index is -0.773. The Hall–Kier alpha value is -2.66. The number of phenolic OH excluding ortho intramolecular Hbond substituents is 2. The van der Waals surface area contributed by atoms with Crippen LogP contribution < -0.4 is 10.7 Å². The van der Waals surface area contributed by atoms with Crippen molar-refractivity contribution >= 4 is 21.5 Å². The fourth-order valence-electron chi connectivity index (χ4n) is 4.71. The molecule has 5 rings (SSSR count). The van der Waals surface area contributed by atoms with Crippen LogP contribution in [-0.2, 0) is 4.74 Å². The van der Waals surface area contributed by atoms with Gasteiger partial charge in [0.2, 0.25) is 0 Å². The van der Waals surface area contributed by atoms with Gasteiger partial charge in [0.05, 0.1) is 22.7 Å². The second-order valence-electron chi connectivity index (χ2n) is 8.68. The lowest BCUT2D eigenvalue weighted by atomic mass is 9.74. The van der Waals surface area contributed by atoms with E-state index in [1.807, 2.05) is 38.1 Å². The van der Waals surface area contributed by atoms with Gasteiger partial charge in [0.1, 0.15) is 17.1 Å². The Labute approximate surface area is 156 Å². The van der Waals surface area contributed by atoms with E-state index >= 15 is 0 Å². The summed E-state index contributed by atoms with van der Waals surface area (Å²) >= 11 is 0. The highest BCUT2D eigenvalue weighted by atomic mass is 16.5. The largest absolute Gasteiger partial charge is 0.507 e. The molecule has 0 amide bonds. The summed E-state index contributed by atoms with van der Waals surface area (Å²) in [6.45, 7) is 8.79. The van der Waals surface area contributed by atoms with Crippen molar-refractivity contribution in [2.24, 2.45) is 15.4 Å². The minimum Gasteiger partial charge on any atom is -0.507 e. The van der Waals surface area contributed by atoms with Crippen molar-refractivity contribution in [1.29, 1.82) is 0 Å². The predicted octanol–water partition coefficient (Wildman–Crippen LogP) is 3.19. The summed E-state index contributed by atoms with van der Waals surface area (Å²) in [5, 5.41) is 25.6. The quantitative estimate of drug-likeness (QED) is 0.476. The predicted molar refractivity (Wildman–Crippen MR) is 104 cm³/mol. The highest BCUT2D eigenvalue weighted by Crippen LogP contribution is 2.52. The first-order valence-electron chi connectivity index (χ1n) is 9.18. The fraction of sp³-hybridized carbons (Fsp3) is 0.364. The Morgan fingerprint density at radius 3 is 2.15 bits per heavy atom. The summed E-state index contributed by atoms with van der Waals surface area (Å²) in [5.41, 5.74) is -1.64. The van der Waals surface area contributed by atoms with Crippen molar-refractivity contribution in [2.45, 2.75) is 39.0 Å². The Bertz CT molecular complexity index is 1240. The Morgan fingerprint density at radius 2 is 1.52 bits per heavy atom. The molecule has 5 nitrogen and oxygen atoms in total. The number of benzene rings is 3. The van der Waals surface area contributed by atoms with Crippen molar-refractivity contribution in [3.63, 3.8) is 0 Å². The zero-order valence-electron chi connectivity index (χ0n) is 15.9. The number of ether oxygens (including phenoxy) is 1. The molecule has 1 saturated heterocycles.